The van der Waals surface area contributed by atoms with Gasteiger partial charge in [-0.3, -0.25) is 4.79 Å². The maximum Gasteiger partial charge on any atom is 0.258 e. The molecule has 0 aromatic carbocycles. The average Bonchev–Trinajstić information content (AvgIpc) is 2.68. The summed E-state index contributed by atoms with van der Waals surface area (Å²) in [5.74, 6) is 3.60. The summed E-state index contributed by atoms with van der Waals surface area (Å²) in [7, 11) is 1.46. The largest absolute Gasteiger partial charge is 0.479 e. The molecule has 1 amide bonds. The third-order valence-corrected chi connectivity index (χ3v) is 4.32. The number of anilines is 2. The number of ether oxygens (including phenoxy) is 1. The lowest BCUT2D eigenvalue weighted by Crippen LogP contribution is -2.31. The number of rotatable bonds is 4. The molecule has 0 saturated carbocycles. The zero-order valence-corrected chi connectivity index (χ0v) is 15.0. The van der Waals surface area contributed by atoms with Crippen LogP contribution in [0, 0.1) is 19.3 Å². The minimum absolute atomic E-state index is 0.244. The van der Waals surface area contributed by atoms with E-state index >= 15 is 0 Å². The van der Waals surface area contributed by atoms with E-state index in [1.807, 2.05) is 13.0 Å². The molecule has 3 heterocycles. The number of hydrogen-bond acceptors (Lipinski definition) is 6. The standard InChI is InChI=1S/C19H21N5O2/c1-4-14-11-16(22-23-19(14)26-3)21-18(25)15-10-13(2)17(20-12-15)24-8-6-5-7-9-24/h1,10-12H,5-9H2,2-3H3,(H,21,22,25). The molecule has 1 N–H and O–H groups in total. The van der Waals surface area contributed by atoms with E-state index in [0.29, 0.717) is 11.1 Å². The second kappa shape index (κ2) is 7.83. The Bertz CT molecular complexity index is 853. The summed E-state index contributed by atoms with van der Waals surface area (Å²) in [4.78, 5) is 19.3. The summed E-state index contributed by atoms with van der Waals surface area (Å²) >= 11 is 0. The number of aryl methyl sites for hydroxylation is 1. The first-order valence-corrected chi connectivity index (χ1v) is 8.53. The number of carbonyl (C=O) groups excluding carboxylic acids is 1. The first-order valence-electron chi connectivity index (χ1n) is 8.53. The van der Waals surface area contributed by atoms with E-state index < -0.39 is 0 Å². The fraction of sp³-hybridized carbons (Fsp3) is 0.368. The molecule has 1 aliphatic heterocycles. The molecule has 0 aliphatic carbocycles. The fourth-order valence-corrected chi connectivity index (χ4v) is 3.01. The van der Waals surface area contributed by atoms with Gasteiger partial charge in [0.1, 0.15) is 5.82 Å². The van der Waals surface area contributed by atoms with Gasteiger partial charge in [0.15, 0.2) is 5.82 Å². The molecule has 7 nitrogen and oxygen atoms in total. The lowest BCUT2D eigenvalue weighted by atomic mass is 10.1. The predicted octanol–water partition coefficient (Wildman–Crippen LogP) is 2.41. The van der Waals surface area contributed by atoms with Crippen LogP contribution in [0.15, 0.2) is 18.3 Å². The van der Waals surface area contributed by atoms with Crippen LogP contribution in [0.25, 0.3) is 0 Å². The number of piperidine rings is 1. The monoisotopic (exact) mass is 351 g/mol. The van der Waals surface area contributed by atoms with E-state index in [2.05, 4.69) is 31.3 Å². The minimum atomic E-state index is -0.312. The molecule has 1 aliphatic rings. The Morgan fingerprint density at radius 2 is 2.04 bits per heavy atom. The van der Waals surface area contributed by atoms with Gasteiger partial charge >= 0.3 is 0 Å². The van der Waals surface area contributed by atoms with Gasteiger partial charge in [0.05, 0.1) is 18.2 Å². The van der Waals surface area contributed by atoms with E-state index in [-0.39, 0.29) is 17.6 Å². The molecule has 0 spiro atoms. The van der Waals surface area contributed by atoms with Crippen LogP contribution >= 0.6 is 0 Å². The molecular formula is C19H21N5O2. The molecule has 2 aromatic heterocycles. The summed E-state index contributed by atoms with van der Waals surface area (Å²) in [6, 6.07) is 3.39. The van der Waals surface area contributed by atoms with Crippen LogP contribution in [0.1, 0.15) is 40.7 Å². The van der Waals surface area contributed by atoms with Crippen LogP contribution in [0.2, 0.25) is 0 Å². The van der Waals surface area contributed by atoms with Crippen molar-refractivity contribution in [3.05, 3.63) is 35.0 Å². The number of amides is 1. The molecule has 3 rings (SSSR count). The van der Waals surface area contributed by atoms with Crippen molar-refractivity contribution in [2.45, 2.75) is 26.2 Å². The molecule has 0 unspecified atom stereocenters. The van der Waals surface area contributed by atoms with Crippen LogP contribution < -0.4 is 15.0 Å². The highest BCUT2D eigenvalue weighted by Gasteiger charge is 2.17. The summed E-state index contributed by atoms with van der Waals surface area (Å²) in [6.07, 6.45) is 10.6. The molecule has 7 heteroatoms. The highest BCUT2D eigenvalue weighted by Crippen LogP contribution is 2.22. The Labute approximate surface area is 152 Å². The second-order valence-corrected chi connectivity index (χ2v) is 6.16. The zero-order valence-electron chi connectivity index (χ0n) is 15.0. The number of nitrogens with one attached hydrogen (secondary N) is 1. The van der Waals surface area contributed by atoms with Crippen LogP contribution in [-0.2, 0) is 0 Å². The SMILES string of the molecule is C#Cc1cc(NC(=O)c2cnc(N3CCCCC3)c(C)c2)nnc1OC. The molecule has 1 saturated heterocycles. The van der Waals surface area contributed by atoms with Crippen LogP contribution in [0.3, 0.4) is 0 Å². The van der Waals surface area contributed by atoms with Crippen LogP contribution in [0.5, 0.6) is 5.88 Å². The van der Waals surface area contributed by atoms with Crippen molar-refractivity contribution < 1.29 is 9.53 Å². The van der Waals surface area contributed by atoms with Gasteiger partial charge in [-0.15, -0.1) is 16.6 Å². The van der Waals surface area contributed by atoms with Crippen molar-refractivity contribution in [3.63, 3.8) is 0 Å². The normalized spacial score (nSPS) is 13.8. The summed E-state index contributed by atoms with van der Waals surface area (Å²) in [5.41, 5.74) is 1.86. The third-order valence-electron chi connectivity index (χ3n) is 4.32. The Hall–Kier alpha value is -3.14. The van der Waals surface area contributed by atoms with Crippen molar-refractivity contribution in [2.75, 3.05) is 30.4 Å². The maximum atomic E-state index is 12.5. The highest BCUT2D eigenvalue weighted by atomic mass is 16.5. The zero-order chi connectivity index (χ0) is 18.5. The van der Waals surface area contributed by atoms with Crippen LogP contribution in [-0.4, -0.2) is 41.3 Å². The van der Waals surface area contributed by atoms with Gasteiger partial charge in [0.2, 0.25) is 5.88 Å². The van der Waals surface area contributed by atoms with Gasteiger partial charge in [0, 0.05) is 25.4 Å². The van der Waals surface area contributed by atoms with Gasteiger partial charge in [-0.25, -0.2) is 4.98 Å². The first kappa shape index (κ1) is 17.7. The Balaban J connectivity index is 1.76. The van der Waals surface area contributed by atoms with Crippen LogP contribution in [0.4, 0.5) is 11.6 Å². The quantitative estimate of drug-likeness (QED) is 0.852. The first-order chi connectivity index (χ1) is 12.6. The molecule has 0 atom stereocenters. The topological polar surface area (TPSA) is 80.2 Å². The van der Waals surface area contributed by atoms with Crippen molar-refractivity contribution in [2.24, 2.45) is 0 Å². The van der Waals surface area contributed by atoms with E-state index in [0.717, 1.165) is 24.5 Å². The molecule has 1 fully saturated rings. The Morgan fingerprint density at radius 3 is 2.69 bits per heavy atom. The van der Waals surface area contributed by atoms with E-state index in [4.69, 9.17) is 11.2 Å². The number of nitrogens with zero attached hydrogens (tertiary/aromatic N) is 4. The van der Waals surface area contributed by atoms with Crippen molar-refractivity contribution in [1.29, 1.82) is 0 Å². The highest BCUT2D eigenvalue weighted by molar-refractivity contribution is 6.03. The van der Waals surface area contributed by atoms with Gasteiger partial charge < -0.3 is 15.0 Å². The van der Waals surface area contributed by atoms with Gasteiger partial charge in [-0.2, -0.15) is 0 Å². The molecule has 134 valence electrons. The van der Waals surface area contributed by atoms with Gasteiger partial charge in [-0.1, -0.05) is 5.92 Å². The number of hydrogen-bond donors (Lipinski definition) is 1. The lowest BCUT2D eigenvalue weighted by Gasteiger charge is -2.29. The summed E-state index contributed by atoms with van der Waals surface area (Å²) in [5, 5.41) is 10.5. The van der Waals surface area contributed by atoms with E-state index in [1.165, 1.54) is 26.4 Å². The Kier molecular flexibility index (Phi) is 5.32. The predicted molar refractivity (Wildman–Crippen MR) is 99.5 cm³/mol. The number of pyridine rings is 1. The van der Waals surface area contributed by atoms with Crippen molar-refractivity contribution in [1.82, 2.24) is 15.2 Å². The lowest BCUT2D eigenvalue weighted by molar-refractivity contribution is 0.102. The van der Waals surface area contributed by atoms with Crippen molar-refractivity contribution in [3.8, 4) is 18.2 Å². The number of methoxy groups -OCH3 is 1. The number of aromatic nitrogens is 3. The third kappa shape index (κ3) is 3.75. The Morgan fingerprint density at radius 1 is 1.27 bits per heavy atom. The van der Waals surface area contributed by atoms with E-state index in [9.17, 15) is 4.79 Å². The summed E-state index contributed by atoms with van der Waals surface area (Å²) < 4.78 is 5.02. The number of terminal acetylenes is 1. The second-order valence-electron chi connectivity index (χ2n) is 6.16. The molecular weight excluding hydrogens is 330 g/mol. The smallest absolute Gasteiger partial charge is 0.258 e. The van der Waals surface area contributed by atoms with Gasteiger partial charge in [-0.05, 0) is 37.8 Å². The summed E-state index contributed by atoms with van der Waals surface area (Å²) in [6.45, 7) is 3.99. The van der Waals surface area contributed by atoms with E-state index in [1.54, 1.807) is 12.3 Å². The molecule has 2 aromatic rings. The minimum Gasteiger partial charge on any atom is -0.479 e. The van der Waals surface area contributed by atoms with Crippen molar-refractivity contribution >= 4 is 17.5 Å². The molecule has 0 radical (unpaired) electrons. The molecule has 0 bridgehead atoms. The molecule has 26 heavy (non-hydrogen) atoms. The average molecular weight is 351 g/mol. The maximum absolute atomic E-state index is 12.5. The number of carbonyl (C=O) groups is 1. The van der Waals surface area contributed by atoms with Gasteiger partial charge in [0.25, 0.3) is 5.91 Å². The fourth-order valence-electron chi connectivity index (χ4n) is 3.01.